The quantitative estimate of drug-likeness (QED) is 0.520. The van der Waals surface area contributed by atoms with E-state index in [1.165, 1.54) is 33.4 Å². The summed E-state index contributed by atoms with van der Waals surface area (Å²) in [4.78, 5) is 18.1. The second kappa shape index (κ2) is 9.25. The molecule has 1 aliphatic heterocycles. The van der Waals surface area contributed by atoms with Crippen LogP contribution >= 0.6 is 0 Å². The lowest BCUT2D eigenvalue weighted by Crippen LogP contribution is -2.32. The summed E-state index contributed by atoms with van der Waals surface area (Å²) in [6, 6.07) is 15.6. The second-order valence-electron chi connectivity index (χ2n) is 9.27. The number of hydrogen-bond acceptors (Lipinski definition) is 3. The number of rotatable bonds is 6. The number of aryl methyl sites for hydroxylation is 2. The molecule has 2 heterocycles. The van der Waals surface area contributed by atoms with E-state index in [1.54, 1.807) is 18.5 Å². The van der Waals surface area contributed by atoms with Crippen LogP contribution in [0.5, 0.6) is 0 Å². The van der Waals surface area contributed by atoms with Gasteiger partial charge in [-0.05, 0) is 84.2 Å². The molecule has 1 aliphatic rings. The molecule has 4 nitrogen and oxygen atoms in total. The molecule has 0 saturated carbocycles. The summed E-state index contributed by atoms with van der Waals surface area (Å²) < 4.78 is 0. The highest BCUT2D eigenvalue weighted by atomic mass is 16.4. The molecule has 0 saturated heterocycles. The van der Waals surface area contributed by atoms with E-state index in [4.69, 9.17) is 0 Å². The van der Waals surface area contributed by atoms with Gasteiger partial charge in [-0.3, -0.25) is 9.88 Å². The summed E-state index contributed by atoms with van der Waals surface area (Å²) in [6.45, 7) is 7.67. The summed E-state index contributed by atoms with van der Waals surface area (Å²) in [6.07, 6.45) is 5.84. The average molecular weight is 429 g/mol. The monoisotopic (exact) mass is 428 g/mol. The molecule has 166 valence electrons. The van der Waals surface area contributed by atoms with Crippen molar-refractivity contribution < 1.29 is 9.90 Å². The Morgan fingerprint density at radius 1 is 1.19 bits per heavy atom. The maximum Gasteiger partial charge on any atom is 0.336 e. The van der Waals surface area contributed by atoms with E-state index in [1.807, 2.05) is 0 Å². The lowest BCUT2D eigenvalue weighted by Gasteiger charge is -2.35. The fourth-order valence-corrected chi connectivity index (χ4v) is 4.88. The number of aromatic carboxylic acids is 1. The van der Waals surface area contributed by atoms with Gasteiger partial charge in [0.25, 0.3) is 0 Å². The van der Waals surface area contributed by atoms with Crippen molar-refractivity contribution >= 4 is 5.97 Å². The SMILES string of the molecule is Cc1cc(C(C)C)ccc1-c1ccc2c(c1)CCN(C)[C@H]2CCc1cnccc1C(=O)O. The lowest BCUT2D eigenvalue weighted by molar-refractivity contribution is 0.0695. The molecule has 0 bridgehead atoms. The summed E-state index contributed by atoms with van der Waals surface area (Å²) in [5.74, 6) is -0.354. The number of hydrogen-bond donors (Lipinski definition) is 1. The van der Waals surface area contributed by atoms with E-state index < -0.39 is 5.97 Å². The van der Waals surface area contributed by atoms with Crippen LogP contribution in [0.25, 0.3) is 11.1 Å². The van der Waals surface area contributed by atoms with Gasteiger partial charge in [-0.1, -0.05) is 50.2 Å². The third kappa shape index (κ3) is 4.46. The average Bonchev–Trinajstić information content (AvgIpc) is 2.78. The molecule has 32 heavy (non-hydrogen) atoms. The number of benzene rings is 2. The predicted molar refractivity (Wildman–Crippen MR) is 129 cm³/mol. The van der Waals surface area contributed by atoms with E-state index >= 15 is 0 Å². The minimum Gasteiger partial charge on any atom is -0.478 e. The molecule has 1 atom stereocenters. The number of fused-ring (bicyclic) bond motifs is 1. The maximum atomic E-state index is 11.6. The zero-order valence-electron chi connectivity index (χ0n) is 19.4. The minimum atomic E-state index is -0.886. The van der Waals surface area contributed by atoms with Gasteiger partial charge >= 0.3 is 5.97 Å². The molecule has 1 N–H and O–H groups in total. The number of aromatic nitrogens is 1. The number of carboxylic acids is 1. The van der Waals surface area contributed by atoms with Gasteiger partial charge in [-0.15, -0.1) is 0 Å². The van der Waals surface area contributed by atoms with Crippen LogP contribution in [0.4, 0.5) is 0 Å². The minimum absolute atomic E-state index is 0.277. The summed E-state index contributed by atoms with van der Waals surface area (Å²) in [5, 5.41) is 9.48. The van der Waals surface area contributed by atoms with Crippen LogP contribution in [0.2, 0.25) is 0 Å². The van der Waals surface area contributed by atoms with Crippen LogP contribution in [0.1, 0.15) is 70.4 Å². The molecule has 0 aliphatic carbocycles. The van der Waals surface area contributed by atoms with Gasteiger partial charge in [0.1, 0.15) is 0 Å². The summed E-state index contributed by atoms with van der Waals surface area (Å²) >= 11 is 0. The number of pyridine rings is 1. The van der Waals surface area contributed by atoms with E-state index in [2.05, 4.69) is 74.1 Å². The number of carboxylic acid groups (broad SMARTS) is 1. The fourth-order valence-electron chi connectivity index (χ4n) is 4.88. The van der Waals surface area contributed by atoms with Crippen LogP contribution in [-0.4, -0.2) is 34.6 Å². The topological polar surface area (TPSA) is 53.4 Å². The second-order valence-corrected chi connectivity index (χ2v) is 9.27. The number of likely N-dealkylation sites (N-methyl/N-ethyl adjacent to an activating group) is 1. The van der Waals surface area contributed by atoms with E-state index in [-0.39, 0.29) is 6.04 Å². The summed E-state index contributed by atoms with van der Waals surface area (Å²) in [7, 11) is 2.16. The highest BCUT2D eigenvalue weighted by Gasteiger charge is 2.25. The first-order valence-electron chi connectivity index (χ1n) is 11.4. The van der Waals surface area contributed by atoms with Crippen LogP contribution in [-0.2, 0) is 12.8 Å². The van der Waals surface area contributed by atoms with Gasteiger partial charge in [0, 0.05) is 25.0 Å². The zero-order chi connectivity index (χ0) is 22.8. The molecule has 3 aromatic rings. The molecular weight excluding hydrogens is 396 g/mol. The first-order valence-corrected chi connectivity index (χ1v) is 11.4. The molecule has 0 fully saturated rings. The van der Waals surface area contributed by atoms with Crippen molar-refractivity contribution in [1.29, 1.82) is 0 Å². The van der Waals surface area contributed by atoms with Crippen LogP contribution in [0.3, 0.4) is 0 Å². The molecule has 0 spiro atoms. The number of carbonyl (C=O) groups is 1. The molecular formula is C28H32N2O2. The third-order valence-electron chi connectivity index (χ3n) is 6.82. The van der Waals surface area contributed by atoms with E-state index in [0.717, 1.165) is 24.9 Å². The van der Waals surface area contributed by atoms with Crippen molar-refractivity contribution in [2.24, 2.45) is 0 Å². The Kier molecular flexibility index (Phi) is 6.43. The number of nitrogens with zero attached hydrogens (tertiary/aromatic N) is 2. The first-order chi connectivity index (χ1) is 15.3. The smallest absolute Gasteiger partial charge is 0.336 e. The van der Waals surface area contributed by atoms with Crippen LogP contribution < -0.4 is 0 Å². The first kappa shape index (κ1) is 22.2. The molecule has 2 aromatic carbocycles. The van der Waals surface area contributed by atoms with Crippen LogP contribution in [0.15, 0.2) is 54.9 Å². The third-order valence-corrected chi connectivity index (χ3v) is 6.82. The Balaban J connectivity index is 1.60. The van der Waals surface area contributed by atoms with E-state index in [9.17, 15) is 9.90 Å². The van der Waals surface area contributed by atoms with Gasteiger partial charge in [0.2, 0.25) is 0 Å². The van der Waals surface area contributed by atoms with Gasteiger partial charge in [-0.2, -0.15) is 0 Å². The summed E-state index contributed by atoms with van der Waals surface area (Å²) in [5.41, 5.74) is 9.20. The predicted octanol–water partition coefficient (Wildman–Crippen LogP) is 6.04. The maximum absolute atomic E-state index is 11.6. The van der Waals surface area contributed by atoms with Gasteiger partial charge in [0.05, 0.1) is 5.56 Å². The Bertz CT molecular complexity index is 1140. The Morgan fingerprint density at radius 3 is 2.72 bits per heavy atom. The molecule has 0 unspecified atom stereocenters. The van der Waals surface area contributed by atoms with Gasteiger partial charge in [0.15, 0.2) is 0 Å². The highest BCUT2D eigenvalue weighted by molar-refractivity contribution is 5.89. The lowest BCUT2D eigenvalue weighted by atomic mass is 9.86. The fraction of sp³-hybridized carbons (Fsp3) is 0.357. The van der Waals surface area contributed by atoms with Crippen molar-refractivity contribution in [2.75, 3.05) is 13.6 Å². The van der Waals surface area contributed by atoms with Crippen molar-refractivity contribution in [2.45, 2.75) is 52.0 Å². The molecule has 0 amide bonds. The Morgan fingerprint density at radius 2 is 2.00 bits per heavy atom. The Hall–Kier alpha value is -2.98. The standard InChI is InChI=1S/C28H32N2O2/c1-18(2)20-5-8-24(19(3)15-20)21-6-9-25-22(16-21)12-14-30(4)27(25)10-7-23-17-29-13-11-26(23)28(31)32/h5-6,8-9,11,13,15-18,27H,7,10,12,14H2,1-4H3,(H,31,32)/t27-/m0/s1. The van der Waals surface area contributed by atoms with Crippen molar-refractivity contribution in [3.63, 3.8) is 0 Å². The largest absolute Gasteiger partial charge is 0.478 e. The molecule has 4 rings (SSSR count). The normalized spacial score (nSPS) is 16.2. The molecule has 1 aromatic heterocycles. The zero-order valence-corrected chi connectivity index (χ0v) is 19.4. The highest BCUT2D eigenvalue weighted by Crippen LogP contribution is 2.36. The van der Waals surface area contributed by atoms with Crippen molar-refractivity contribution in [3.8, 4) is 11.1 Å². The molecule has 0 radical (unpaired) electrons. The Labute approximate surface area is 190 Å². The molecule has 4 heteroatoms. The van der Waals surface area contributed by atoms with Crippen molar-refractivity contribution in [3.05, 3.63) is 88.2 Å². The van der Waals surface area contributed by atoms with Crippen LogP contribution in [0, 0.1) is 6.92 Å². The van der Waals surface area contributed by atoms with Gasteiger partial charge < -0.3 is 5.11 Å². The van der Waals surface area contributed by atoms with Crippen molar-refractivity contribution in [1.82, 2.24) is 9.88 Å². The van der Waals surface area contributed by atoms with E-state index in [0.29, 0.717) is 17.9 Å². The van der Waals surface area contributed by atoms with Gasteiger partial charge in [-0.25, -0.2) is 4.79 Å².